The minimum absolute atomic E-state index is 0.557. The molecule has 2 nitrogen and oxygen atoms in total. The quantitative estimate of drug-likeness (QED) is 0.616. The zero-order valence-electron chi connectivity index (χ0n) is 10.1. The van der Waals surface area contributed by atoms with Gasteiger partial charge < -0.3 is 10.6 Å². The molecular formula is C14H20N2S. The Hall–Kier alpha value is -1.09. The van der Waals surface area contributed by atoms with Gasteiger partial charge in [0, 0.05) is 11.7 Å². The summed E-state index contributed by atoms with van der Waals surface area (Å²) in [6, 6.07) is 10.6. The van der Waals surface area contributed by atoms with Gasteiger partial charge in [0.25, 0.3) is 0 Å². The maximum Gasteiger partial charge on any atom is 0.170 e. The highest BCUT2D eigenvalue weighted by Crippen LogP contribution is 2.17. The van der Waals surface area contributed by atoms with E-state index in [1.165, 1.54) is 38.5 Å². The van der Waals surface area contributed by atoms with Crippen LogP contribution in [0.2, 0.25) is 0 Å². The predicted molar refractivity (Wildman–Crippen MR) is 77.3 cm³/mol. The molecule has 0 amide bonds. The van der Waals surface area contributed by atoms with Gasteiger partial charge in [0.2, 0.25) is 0 Å². The van der Waals surface area contributed by atoms with E-state index < -0.39 is 0 Å². The molecule has 0 heterocycles. The van der Waals surface area contributed by atoms with Gasteiger partial charge in [0.15, 0.2) is 5.11 Å². The number of hydrogen-bond acceptors (Lipinski definition) is 1. The zero-order chi connectivity index (χ0) is 11.9. The lowest BCUT2D eigenvalue weighted by Crippen LogP contribution is -2.37. The van der Waals surface area contributed by atoms with Gasteiger partial charge in [-0.2, -0.15) is 0 Å². The van der Waals surface area contributed by atoms with Gasteiger partial charge in [0.1, 0.15) is 0 Å². The minimum Gasteiger partial charge on any atom is -0.360 e. The highest BCUT2D eigenvalue weighted by Gasteiger charge is 2.12. The first-order valence-electron chi connectivity index (χ1n) is 6.47. The monoisotopic (exact) mass is 248 g/mol. The molecule has 92 valence electrons. The molecule has 0 radical (unpaired) electrons. The van der Waals surface area contributed by atoms with E-state index >= 15 is 0 Å². The van der Waals surface area contributed by atoms with Gasteiger partial charge >= 0.3 is 0 Å². The van der Waals surface area contributed by atoms with Crippen LogP contribution in [-0.4, -0.2) is 11.2 Å². The summed E-state index contributed by atoms with van der Waals surface area (Å²) in [6.07, 6.45) is 7.89. The molecule has 1 aromatic carbocycles. The van der Waals surface area contributed by atoms with E-state index in [1.54, 1.807) is 0 Å². The third kappa shape index (κ3) is 4.35. The second kappa shape index (κ2) is 6.60. The van der Waals surface area contributed by atoms with Crippen LogP contribution in [0, 0.1) is 0 Å². The third-order valence-electron chi connectivity index (χ3n) is 3.22. The van der Waals surface area contributed by atoms with E-state index in [0.29, 0.717) is 6.04 Å². The fourth-order valence-electron chi connectivity index (χ4n) is 2.30. The molecule has 0 spiro atoms. The molecule has 3 heteroatoms. The van der Waals surface area contributed by atoms with Crippen molar-refractivity contribution in [1.29, 1.82) is 0 Å². The van der Waals surface area contributed by atoms with Crippen molar-refractivity contribution >= 4 is 23.0 Å². The fraction of sp³-hybridized carbons (Fsp3) is 0.500. The standard InChI is InChI=1S/C14H20N2S/c17-14(16-13-10-6-3-7-11-13)15-12-8-4-1-2-5-9-12/h3,6-7,10-12H,1-2,4-5,8-9H2,(H2,15,16,17). The largest absolute Gasteiger partial charge is 0.360 e. The Labute approximate surface area is 109 Å². The second-order valence-corrected chi connectivity index (χ2v) is 5.06. The van der Waals surface area contributed by atoms with Crippen molar-refractivity contribution in [2.75, 3.05) is 5.32 Å². The number of para-hydroxylation sites is 1. The van der Waals surface area contributed by atoms with Gasteiger partial charge in [-0.1, -0.05) is 43.9 Å². The Morgan fingerprint density at radius 3 is 2.29 bits per heavy atom. The topological polar surface area (TPSA) is 24.1 Å². The van der Waals surface area contributed by atoms with E-state index in [4.69, 9.17) is 12.2 Å². The first-order chi connectivity index (χ1) is 8.34. The van der Waals surface area contributed by atoms with Crippen LogP contribution in [0.15, 0.2) is 30.3 Å². The molecule has 1 aliphatic carbocycles. The number of rotatable bonds is 2. The summed E-state index contributed by atoms with van der Waals surface area (Å²) in [4.78, 5) is 0. The van der Waals surface area contributed by atoms with E-state index in [2.05, 4.69) is 10.6 Å². The van der Waals surface area contributed by atoms with E-state index in [-0.39, 0.29) is 0 Å². The van der Waals surface area contributed by atoms with E-state index in [9.17, 15) is 0 Å². The van der Waals surface area contributed by atoms with Crippen molar-refractivity contribution in [3.05, 3.63) is 30.3 Å². The third-order valence-corrected chi connectivity index (χ3v) is 3.44. The molecule has 1 aliphatic rings. The van der Waals surface area contributed by atoms with Crippen LogP contribution in [0.5, 0.6) is 0 Å². The molecule has 0 atom stereocenters. The molecule has 2 rings (SSSR count). The Kier molecular flexibility index (Phi) is 4.80. The summed E-state index contributed by atoms with van der Waals surface area (Å²) < 4.78 is 0. The van der Waals surface area contributed by atoms with Crippen molar-refractivity contribution in [1.82, 2.24) is 5.32 Å². The Balaban J connectivity index is 1.80. The summed E-state index contributed by atoms with van der Waals surface area (Å²) in [7, 11) is 0. The normalized spacial score (nSPS) is 17.2. The molecule has 1 aromatic rings. The van der Waals surface area contributed by atoms with Gasteiger partial charge in [-0.3, -0.25) is 0 Å². The van der Waals surface area contributed by atoms with Crippen LogP contribution in [0.25, 0.3) is 0 Å². The fourth-order valence-corrected chi connectivity index (χ4v) is 2.58. The summed E-state index contributed by atoms with van der Waals surface area (Å²) in [5.74, 6) is 0. The number of thiocarbonyl (C=S) groups is 1. The average Bonchev–Trinajstić information content (AvgIpc) is 2.59. The van der Waals surface area contributed by atoms with Crippen LogP contribution in [-0.2, 0) is 0 Å². The van der Waals surface area contributed by atoms with Crippen molar-refractivity contribution in [3.63, 3.8) is 0 Å². The van der Waals surface area contributed by atoms with Crippen LogP contribution < -0.4 is 10.6 Å². The first kappa shape index (κ1) is 12.4. The number of nitrogens with one attached hydrogen (secondary N) is 2. The van der Waals surface area contributed by atoms with Crippen molar-refractivity contribution < 1.29 is 0 Å². The van der Waals surface area contributed by atoms with Crippen LogP contribution >= 0.6 is 12.2 Å². The highest BCUT2D eigenvalue weighted by molar-refractivity contribution is 7.80. The Morgan fingerprint density at radius 1 is 1.00 bits per heavy atom. The van der Waals surface area contributed by atoms with Crippen molar-refractivity contribution in [3.8, 4) is 0 Å². The van der Waals surface area contributed by atoms with Crippen molar-refractivity contribution in [2.45, 2.75) is 44.6 Å². The highest BCUT2D eigenvalue weighted by atomic mass is 32.1. The number of benzene rings is 1. The molecule has 2 N–H and O–H groups in total. The molecule has 0 aromatic heterocycles. The maximum absolute atomic E-state index is 5.34. The lowest BCUT2D eigenvalue weighted by molar-refractivity contribution is 0.535. The van der Waals surface area contributed by atoms with Crippen LogP contribution in [0.3, 0.4) is 0 Å². The summed E-state index contributed by atoms with van der Waals surface area (Å²) in [6.45, 7) is 0. The average molecular weight is 248 g/mol. The summed E-state index contributed by atoms with van der Waals surface area (Å²) in [5.41, 5.74) is 1.05. The summed E-state index contributed by atoms with van der Waals surface area (Å²) >= 11 is 5.34. The molecule has 0 bridgehead atoms. The Bertz CT molecular complexity index is 342. The molecule has 17 heavy (non-hydrogen) atoms. The minimum atomic E-state index is 0.557. The van der Waals surface area contributed by atoms with Crippen molar-refractivity contribution in [2.24, 2.45) is 0 Å². The van der Waals surface area contributed by atoms with E-state index in [1.807, 2.05) is 30.3 Å². The smallest absolute Gasteiger partial charge is 0.170 e. The lowest BCUT2D eigenvalue weighted by Gasteiger charge is -2.19. The number of hydrogen-bond donors (Lipinski definition) is 2. The predicted octanol–water partition coefficient (Wildman–Crippen LogP) is 3.70. The summed E-state index contributed by atoms with van der Waals surface area (Å²) in [5, 5.41) is 7.41. The van der Waals surface area contributed by atoms with Gasteiger partial charge in [-0.15, -0.1) is 0 Å². The molecule has 0 aliphatic heterocycles. The molecular weight excluding hydrogens is 228 g/mol. The molecule has 0 saturated heterocycles. The molecule has 1 saturated carbocycles. The molecule has 1 fully saturated rings. The van der Waals surface area contributed by atoms with E-state index in [0.717, 1.165) is 10.8 Å². The lowest BCUT2D eigenvalue weighted by atomic mass is 10.1. The first-order valence-corrected chi connectivity index (χ1v) is 6.88. The Morgan fingerprint density at radius 2 is 1.65 bits per heavy atom. The SMILES string of the molecule is S=C(Nc1ccccc1)NC1CCCCCC1. The number of anilines is 1. The van der Waals surface area contributed by atoms with Gasteiger partial charge in [-0.05, 0) is 37.2 Å². The van der Waals surface area contributed by atoms with Gasteiger partial charge in [0.05, 0.1) is 0 Å². The maximum atomic E-state index is 5.34. The molecule has 0 unspecified atom stereocenters. The van der Waals surface area contributed by atoms with Gasteiger partial charge in [-0.25, -0.2) is 0 Å². The van der Waals surface area contributed by atoms with Crippen LogP contribution in [0.1, 0.15) is 38.5 Å². The van der Waals surface area contributed by atoms with Crippen LogP contribution in [0.4, 0.5) is 5.69 Å². The zero-order valence-corrected chi connectivity index (χ0v) is 10.9. The second-order valence-electron chi connectivity index (χ2n) is 4.65.